The molecule has 0 bridgehead atoms. The molecular weight excluding hydrogens is 233 g/mol. The van der Waals surface area contributed by atoms with Gasteiger partial charge < -0.3 is 10.5 Å². The Morgan fingerprint density at radius 1 is 1.24 bits per heavy atom. The maximum atomic E-state index is 12.9. The van der Waals surface area contributed by atoms with Gasteiger partial charge >= 0.3 is 6.18 Å². The summed E-state index contributed by atoms with van der Waals surface area (Å²) in [6.45, 7) is 3.90. The van der Waals surface area contributed by atoms with Crippen molar-refractivity contribution in [3.8, 4) is 0 Å². The second kappa shape index (κ2) is 7.89. The van der Waals surface area contributed by atoms with Crippen molar-refractivity contribution in [2.45, 2.75) is 44.9 Å². The first-order chi connectivity index (χ1) is 7.92. The summed E-state index contributed by atoms with van der Waals surface area (Å²) in [7, 11) is 1.48. The zero-order valence-electron chi connectivity index (χ0n) is 10.8. The SMILES string of the molecule is CCC(CC)N(CCOC)C(CN)C(F)(F)F. The van der Waals surface area contributed by atoms with Crippen molar-refractivity contribution in [3.05, 3.63) is 0 Å². The minimum Gasteiger partial charge on any atom is -0.383 e. The van der Waals surface area contributed by atoms with Crippen LogP contribution in [0.25, 0.3) is 0 Å². The smallest absolute Gasteiger partial charge is 0.383 e. The lowest BCUT2D eigenvalue weighted by Crippen LogP contribution is -2.55. The molecule has 0 saturated heterocycles. The van der Waals surface area contributed by atoms with E-state index in [0.717, 1.165) is 0 Å². The number of hydrogen-bond donors (Lipinski definition) is 1. The molecule has 0 aliphatic heterocycles. The Morgan fingerprint density at radius 2 is 1.76 bits per heavy atom. The van der Waals surface area contributed by atoms with Gasteiger partial charge in [0.15, 0.2) is 0 Å². The molecule has 0 aromatic rings. The molecule has 17 heavy (non-hydrogen) atoms. The third-order valence-corrected chi connectivity index (χ3v) is 2.97. The van der Waals surface area contributed by atoms with Crippen LogP contribution in [0.1, 0.15) is 26.7 Å². The number of hydrogen-bond acceptors (Lipinski definition) is 3. The highest BCUT2D eigenvalue weighted by Gasteiger charge is 2.43. The van der Waals surface area contributed by atoms with Crippen LogP contribution in [0.3, 0.4) is 0 Å². The Bertz CT molecular complexity index is 196. The number of halogens is 3. The second-order valence-electron chi connectivity index (χ2n) is 3.99. The monoisotopic (exact) mass is 256 g/mol. The molecule has 3 nitrogen and oxygen atoms in total. The summed E-state index contributed by atoms with van der Waals surface area (Å²) in [5, 5.41) is 0. The van der Waals surface area contributed by atoms with Gasteiger partial charge in [-0.3, -0.25) is 4.90 Å². The summed E-state index contributed by atoms with van der Waals surface area (Å²) in [6, 6.07) is -1.69. The fourth-order valence-electron chi connectivity index (χ4n) is 2.00. The Balaban J connectivity index is 4.85. The van der Waals surface area contributed by atoms with Gasteiger partial charge in [-0.2, -0.15) is 13.2 Å². The molecule has 0 heterocycles. The lowest BCUT2D eigenvalue weighted by molar-refractivity contribution is -0.188. The lowest BCUT2D eigenvalue weighted by Gasteiger charge is -2.37. The quantitative estimate of drug-likeness (QED) is 0.722. The van der Waals surface area contributed by atoms with Gasteiger partial charge in [0.05, 0.1) is 6.61 Å². The first kappa shape index (κ1) is 16.7. The van der Waals surface area contributed by atoms with Gasteiger partial charge in [0.2, 0.25) is 0 Å². The fourth-order valence-corrected chi connectivity index (χ4v) is 2.00. The number of methoxy groups -OCH3 is 1. The highest BCUT2D eigenvalue weighted by Crippen LogP contribution is 2.27. The molecule has 0 aromatic carbocycles. The number of ether oxygens (including phenoxy) is 1. The summed E-state index contributed by atoms with van der Waals surface area (Å²) in [6.07, 6.45) is -2.94. The summed E-state index contributed by atoms with van der Waals surface area (Å²) < 4.78 is 43.5. The molecule has 6 heteroatoms. The molecule has 0 spiro atoms. The molecule has 0 aromatic heterocycles. The van der Waals surface area contributed by atoms with Crippen molar-refractivity contribution in [2.24, 2.45) is 5.73 Å². The number of nitrogens with zero attached hydrogens (tertiary/aromatic N) is 1. The molecule has 0 rings (SSSR count). The van der Waals surface area contributed by atoms with E-state index < -0.39 is 18.8 Å². The van der Waals surface area contributed by atoms with Crippen LogP contribution in [-0.4, -0.2) is 50.0 Å². The van der Waals surface area contributed by atoms with E-state index in [1.54, 1.807) is 0 Å². The molecule has 0 aliphatic rings. The molecule has 0 saturated carbocycles. The summed E-state index contributed by atoms with van der Waals surface area (Å²) in [5.74, 6) is 0. The van der Waals surface area contributed by atoms with Crippen molar-refractivity contribution in [3.63, 3.8) is 0 Å². The number of rotatable bonds is 8. The Labute approximate surface area is 101 Å². The van der Waals surface area contributed by atoms with Gasteiger partial charge in [-0.05, 0) is 12.8 Å². The second-order valence-corrected chi connectivity index (χ2v) is 3.99. The van der Waals surface area contributed by atoms with Gasteiger partial charge in [0.25, 0.3) is 0 Å². The first-order valence-corrected chi connectivity index (χ1v) is 5.93. The van der Waals surface area contributed by atoms with Crippen LogP contribution in [0.5, 0.6) is 0 Å². The Kier molecular flexibility index (Phi) is 7.74. The van der Waals surface area contributed by atoms with Crippen LogP contribution >= 0.6 is 0 Å². The number of alkyl halides is 3. The maximum Gasteiger partial charge on any atom is 0.405 e. The molecule has 1 unspecified atom stereocenters. The molecule has 104 valence electrons. The molecule has 0 amide bonds. The van der Waals surface area contributed by atoms with Crippen molar-refractivity contribution in [1.82, 2.24) is 4.90 Å². The minimum absolute atomic E-state index is 0.111. The van der Waals surface area contributed by atoms with Crippen molar-refractivity contribution >= 4 is 0 Å². The fraction of sp³-hybridized carbons (Fsp3) is 1.00. The van der Waals surface area contributed by atoms with Crippen molar-refractivity contribution in [1.29, 1.82) is 0 Å². The van der Waals surface area contributed by atoms with Gasteiger partial charge in [0.1, 0.15) is 6.04 Å². The molecule has 0 fully saturated rings. The summed E-state index contributed by atoms with van der Waals surface area (Å²) in [4.78, 5) is 1.42. The van der Waals surface area contributed by atoms with E-state index in [1.165, 1.54) is 12.0 Å². The van der Waals surface area contributed by atoms with E-state index in [9.17, 15) is 13.2 Å². The highest BCUT2D eigenvalue weighted by atomic mass is 19.4. The van der Waals surface area contributed by atoms with Crippen LogP contribution in [0.15, 0.2) is 0 Å². The maximum absolute atomic E-state index is 12.9. The van der Waals surface area contributed by atoms with Gasteiger partial charge in [-0.25, -0.2) is 0 Å². The lowest BCUT2D eigenvalue weighted by atomic mass is 10.1. The third-order valence-electron chi connectivity index (χ3n) is 2.97. The van der Waals surface area contributed by atoms with E-state index >= 15 is 0 Å². The van der Waals surface area contributed by atoms with Crippen LogP contribution in [0, 0.1) is 0 Å². The van der Waals surface area contributed by atoms with Crippen LogP contribution in [-0.2, 0) is 4.74 Å². The van der Waals surface area contributed by atoms with E-state index in [4.69, 9.17) is 10.5 Å². The van der Waals surface area contributed by atoms with E-state index in [1.807, 2.05) is 13.8 Å². The van der Waals surface area contributed by atoms with E-state index in [2.05, 4.69) is 0 Å². The van der Waals surface area contributed by atoms with Crippen LogP contribution in [0.2, 0.25) is 0 Å². The zero-order valence-corrected chi connectivity index (χ0v) is 10.8. The highest BCUT2D eigenvalue weighted by molar-refractivity contribution is 4.84. The Hall–Kier alpha value is -0.330. The molecule has 0 radical (unpaired) electrons. The zero-order chi connectivity index (χ0) is 13.5. The van der Waals surface area contributed by atoms with Crippen molar-refractivity contribution < 1.29 is 17.9 Å². The average molecular weight is 256 g/mol. The predicted octanol–water partition coefficient (Wildman–Crippen LogP) is 2.01. The van der Waals surface area contributed by atoms with Gasteiger partial charge in [0, 0.05) is 26.2 Å². The number of nitrogens with two attached hydrogens (primary N) is 1. The van der Waals surface area contributed by atoms with E-state index in [0.29, 0.717) is 12.8 Å². The summed E-state index contributed by atoms with van der Waals surface area (Å²) >= 11 is 0. The largest absolute Gasteiger partial charge is 0.405 e. The molecule has 2 N–H and O–H groups in total. The molecule has 0 aliphatic carbocycles. The first-order valence-electron chi connectivity index (χ1n) is 5.93. The summed E-state index contributed by atoms with van der Waals surface area (Å²) in [5.41, 5.74) is 5.28. The van der Waals surface area contributed by atoms with Crippen molar-refractivity contribution in [2.75, 3.05) is 26.8 Å². The standard InChI is InChI=1S/C11H23F3N2O/c1-4-9(5-2)16(6-7-17-3)10(8-15)11(12,13)14/h9-10H,4-8,15H2,1-3H3. The third kappa shape index (κ3) is 5.23. The Morgan fingerprint density at radius 3 is 2.06 bits per heavy atom. The van der Waals surface area contributed by atoms with Crippen LogP contribution < -0.4 is 5.73 Å². The average Bonchev–Trinajstić information content (AvgIpc) is 2.25. The topological polar surface area (TPSA) is 38.5 Å². The van der Waals surface area contributed by atoms with E-state index in [-0.39, 0.29) is 19.2 Å². The minimum atomic E-state index is -4.29. The van der Waals surface area contributed by atoms with Crippen LogP contribution in [0.4, 0.5) is 13.2 Å². The predicted molar refractivity (Wildman–Crippen MR) is 61.8 cm³/mol. The molecule has 1 atom stereocenters. The van der Waals surface area contributed by atoms with Gasteiger partial charge in [-0.15, -0.1) is 0 Å². The normalized spacial score (nSPS) is 14.6. The molecular formula is C11H23F3N2O. The van der Waals surface area contributed by atoms with Gasteiger partial charge in [-0.1, -0.05) is 13.8 Å².